The van der Waals surface area contributed by atoms with Gasteiger partial charge in [-0.25, -0.2) is 0 Å². The Hall–Kier alpha value is -3.86. The van der Waals surface area contributed by atoms with Crippen molar-refractivity contribution < 1.29 is 10.2 Å². The molecule has 268 valence electrons. The molecule has 4 aromatic carbocycles. The number of hydrogen-bond acceptors (Lipinski definition) is 4. The summed E-state index contributed by atoms with van der Waals surface area (Å²) in [6.07, 6.45) is 4.43. The fourth-order valence-corrected chi connectivity index (χ4v) is 9.57. The number of fused-ring (bicyclic) bond motifs is 2. The van der Waals surface area contributed by atoms with E-state index in [0.717, 1.165) is 42.9 Å². The zero-order valence-corrected chi connectivity index (χ0v) is 32.0. The quantitative estimate of drug-likeness (QED) is 0.184. The average Bonchev–Trinajstić information content (AvgIpc) is 3.72. The molecule has 1 heterocycles. The number of anilines is 4. The molecule has 1 aliphatic heterocycles. The van der Waals surface area contributed by atoms with Crippen LogP contribution in [0, 0.1) is 23.2 Å². The fourth-order valence-electron chi connectivity index (χ4n) is 9.57. The highest BCUT2D eigenvalue weighted by molar-refractivity contribution is 5.76. The van der Waals surface area contributed by atoms with Crippen LogP contribution in [0.2, 0.25) is 0 Å². The van der Waals surface area contributed by atoms with E-state index in [0.29, 0.717) is 0 Å². The van der Waals surface area contributed by atoms with E-state index < -0.39 is 17.6 Å². The summed E-state index contributed by atoms with van der Waals surface area (Å²) < 4.78 is 0. The van der Waals surface area contributed by atoms with Crippen LogP contribution in [0.3, 0.4) is 0 Å². The van der Waals surface area contributed by atoms with Gasteiger partial charge in [-0.15, -0.1) is 0 Å². The molecule has 2 aliphatic carbocycles. The first-order valence-corrected chi connectivity index (χ1v) is 19.3. The van der Waals surface area contributed by atoms with Crippen LogP contribution in [0.5, 0.6) is 0 Å². The summed E-state index contributed by atoms with van der Waals surface area (Å²) in [5, 5.41) is 24.3. The Morgan fingerprint density at radius 2 is 1.35 bits per heavy atom. The lowest BCUT2D eigenvalue weighted by atomic mass is 9.58. The predicted molar refractivity (Wildman–Crippen MR) is 213 cm³/mol. The number of benzene rings is 4. The van der Waals surface area contributed by atoms with Gasteiger partial charge in [0.05, 0.1) is 12.2 Å². The molecule has 4 heteroatoms. The van der Waals surface area contributed by atoms with Gasteiger partial charge in [0.15, 0.2) is 0 Å². The van der Waals surface area contributed by atoms with E-state index in [1.54, 1.807) is 0 Å². The van der Waals surface area contributed by atoms with Gasteiger partial charge in [-0.05, 0) is 95.2 Å². The summed E-state index contributed by atoms with van der Waals surface area (Å²) in [5.41, 5.74) is 9.25. The summed E-state index contributed by atoms with van der Waals surface area (Å²) >= 11 is 0. The third-order valence-electron chi connectivity index (χ3n) is 12.8. The highest BCUT2D eigenvalue weighted by Gasteiger charge is 2.68. The Kier molecular flexibility index (Phi) is 9.25. The minimum atomic E-state index is -0.583. The van der Waals surface area contributed by atoms with Gasteiger partial charge in [0.1, 0.15) is 0 Å². The maximum atomic E-state index is 12.6. The molecule has 4 aromatic rings. The van der Waals surface area contributed by atoms with Crippen molar-refractivity contribution in [1.82, 2.24) is 0 Å². The van der Waals surface area contributed by atoms with E-state index in [4.69, 9.17) is 0 Å². The molecule has 51 heavy (non-hydrogen) atoms. The molecule has 0 amide bonds. The van der Waals surface area contributed by atoms with Crippen molar-refractivity contribution in [2.24, 2.45) is 23.2 Å². The molecule has 4 nitrogen and oxygen atoms in total. The largest absolute Gasteiger partial charge is 0.392 e. The third-order valence-corrected chi connectivity index (χ3v) is 12.8. The molecule has 7 atom stereocenters. The van der Waals surface area contributed by atoms with E-state index in [1.165, 1.54) is 28.1 Å². The molecular formula is C47H58N2O2. The van der Waals surface area contributed by atoms with Crippen molar-refractivity contribution in [3.05, 3.63) is 132 Å². The van der Waals surface area contributed by atoms with E-state index in [2.05, 4.69) is 162 Å². The molecule has 2 N–H and O–H groups in total. The lowest BCUT2D eigenvalue weighted by Gasteiger charge is -2.48. The Morgan fingerprint density at radius 3 is 1.90 bits per heavy atom. The number of unbranched alkanes of at least 4 members (excludes halogenated alkanes) is 1. The first-order chi connectivity index (χ1) is 24.3. The standard InChI is InChI=1S/C47H58N2O2/c1-9-11-28-48-38-27-24-32(45(3,4)5)29-37(38)46(6,7)39(48)30-36-40-41(43(40)50)42(47(8,10-2)44(36)51)31-22-25-35(26-23-31)49(33-18-14-12-15-19-33)34-20-16-13-17-21-34/h12-27,29-30,36,40-44,50-51H,9-11,28H2,1-8H3/b39-30+/t36?,40-,41-,42?,43?,44?,47?/m0/s1. The van der Waals surface area contributed by atoms with Gasteiger partial charge < -0.3 is 20.0 Å². The van der Waals surface area contributed by atoms with E-state index in [1.807, 2.05) is 12.1 Å². The molecule has 0 spiro atoms. The number of aliphatic hydroxyl groups excluding tert-OH is 2. The maximum Gasteiger partial charge on any atom is 0.0666 e. The van der Waals surface area contributed by atoms with Gasteiger partial charge in [-0.1, -0.05) is 129 Å². The lowest BCUT2D eigenvalue weighted by molar-refractivity contribution is -0.0501. The van der Waals surface area contributed by atoms with Gasteiger partial charge in [-0.3, -0.25) is 0 Å². The van der Waals surface area contributed by atoms with E-state index in [-0.39, 0.29) is 34.5 Å². The Morgan fingerprint density at radius 1 is 0.765 bits per heavy atom. The molecule has 2 fully saturated rings. The van der Waals surface area contributed by atoms with E-state index >= 15 is 0 Å². The molecule has 0 saturated heterocycles. The SMILES string of the molecule is CCCCN1/C(=C/C2C(O)C(C)(CC)C(c3ccc(N(c4ccccc4)c4ccccc4)cc3)[C@H]3C(O)[C@@H]23)C(C)(C)c2cc(C(C)(C)C)ccc21. The van der Waals surface area contributed by atoms with Crippen LogP contribution in [0.15, 0.2) is 115 Å². The first kappa shape index (κ1) is 35.5. The monoisotopic (exact) mass is 682 g/mol. The number of rotatable bonds is 9. The summed E-state index contributed by atoms with van der Waals surface area (Å²) in [4.78, 5) is 4.81. The van der Waals surface area contributed by atoms with Crippen molar-refractivity contribution >= 4 is 22.7 Å². The number of aliphatic hydroxyl groups is 2. The number of hydrogen-bond donors (Lipinski definition) is 2. The van der Waals surface area contributed by atoms with Crippen LogP contribution in [0.1, 0.15) is 97.3 Å². The van der Waals surface area contributed by atoms with Crippen molar-refractivity contribution in [3.8, 4) is 0 Å². The number of nitrogens with zero attached hydrogens (tertiary/aromatic N) is 2. The zero-order valence-electron chi connectivity index (χ0n) is 32.0. The average molecular weight is 683 g/mol. The van der Waals surface area contributed by atoms with Crippen LogP contribution in [-0.2, 0) is 10.8 Å². The highest BCUT2D eigenvalue weighted by Crippen LogP contribution is 2.67. The first-order valence-electron chi connectivity index (χ1n) is 19.3. The Bertz CT molecular complexity index is 1820. The van der Waals surface area contributed by atoms with Crippen LogP contribution in [0.4, 0.5) is 22.7 Å². The van der Waals surface area contributed by atoms with Crippen molar-refractivity contribution in [2.45, 2.75) is 104 Å². The minimum absolute atomic E-state index is 0.0274. The minimum Gasteiger partial charge on any atom is -0.392 e. The van der Waals surface area contributed by atoms with Gasteiger partial charge in [0, 0.05) is 51.7 Å². The number of allylic oxidation sites excluding steroid dienone is 1. The van der Waals surface area contributed by atoms with Crippen LogP contribution in [0.25, 0.3) is 0 Å². The Labute approximate surface area is 306 Å². The predicted octanol–water partition coefficient (Wildman–Crippen LogP) is 11.0. The smallest absolute Gasteiger partial charge is 0.0666 e. The molecule has 7 rings (SSSR count). The van der Waals surface area contributed by atoms with Crippen molar-refractivity contribution in [3.63, 3.8) is 0 Å². The second-order valence-electron chi connectivity index (χ2n) is 17.3. The zero-order chi connectivity index (χ0) is 36.3. The second-order valence-corrected chi connectivity index (χ2v) is 17.3. The van der Waals surface area contributed by atoms with Gasteiger partial charge >= 0.3 is 0 Å². The molecule has 0 radical (unpaired) electrons. The second kappa shape index (κ2) is 13.3. The maximum absolute atomic E-state index is 12.6. The molecule has 3 aliphatic rings. The summed E-state index contributed by atoms with van der Waals surface area (Å²) in [5.74, 6) is 0.0721. The van der Waals surface area contributed by atoms with E-state index in [9.17, 15) is 10.2 Å². The topological polar surface area (TPSA) is 46.9 Å². The highest BCUT2D eigenvalue weighted by atomic mass is 16.3. The number of para-hydroxylation sites is 2. The molecule has 0 aromatic heterocycles. The van der Waals surface area contributed by atoms with Crippen LogP contribution >= 0.6 is 0 Å². The third kappa shape index (κ3) is 6.03. The molecule has 5 unspecified atom stereocenters. The van der Waals surface area contributed by atoms with Gasteiger partial charge in [0.25, 0.3) is 0 Å². The molecule has 0 bridgehead atoms. The van der Waals surface area contributed by atoms with Crippen LogP contribution in [-0.4, -0.2) is 29.0 Å². The summed E-state index contributed by atoms with van der Waals surface area (Å²) in [6, 6.07) is 36.9. The van der Waals surface area contributed by atoms with Crippen LogP contribution < -0.4 is 9.80 Å². The molecule has 2 saturated carbocycles. The molecular weight excluding hydrogens is 625 g/mol. The van der Waals surface area contributed by atoms with Crippen molar-refractivity contribution in [2.75, 3.05) is 16.3 Å². The normalized spacial score (nSPS) is 28.7. The van der Waals surface area contributed by atoms with Gasteiger partial charge in [0.2, 0.25) is 0 Å². The Balaban J connectivity index is 1.24. The van der Waals surface area contributed by atoms with Gasteiger partial charge in [-0.2, -0.15) is 0 Å². The summed E-state index contributed by atoms with van der Waals surface area (Å²) in [6.45, 7) is 19.2. The lowest BCUT2D eigenvalue weighted by Crippen LogP contribution is -2.47. The van der Waals surface area contributed by atoms with Crippen molar-refractivity contribution in [1.29, 1.82) is 0 Å². The summed E-state index contributed by atoms with van der Waals surface area (Å²) in [7, 11) is 0. The fraction of sp³-hybridized carbons (Fsp3) is 0.447.